The molecular formula is C20H19FN4. The number of benzene rings is 2. The van der Waals surface area contributed by atoms with Crippen LogP contribution in [0.1, 0.15) is 30.0 Å². The Kier molecular flexibility index (Phi) is 5.69. The molecule has 3 rings (SSSR count). The number of likely N-dealkylation sites (tertiary alicyclic amines) is 1. The molecule has 0 bridgehead atoms. The van der Waals surface area contributed by atoms with Crippen LogP contribution in [-0.2, 0) is 0 Å². The molecule has 1 aliphatic rings. The van der Waals surface area contributed by atoms with E-state index in [0.29, 0.717) is 6.54 Å². The first kappa shape index (κ1) is 17.0. The molecular weight excluding hydrogens is 315 g/mol. The quantitative estimate of drug-likeness (QED) is 0.346. The maximum Gasteiger partial charge on any atom is 0.123 e. The van der Waals surface area contributed by atoms with E-state index in [1.165, 1.54) is 12.1 Å². The fourth-order valence-electron chi connectivity index (χ4n) is 3.23. The normalized spacial score (nSPS) is 18.0. The Balaban J connectivity index is 1.94. The molecule has 25 heavy (non-hydrogen) atoms. The molecule has 0 amide bonds. The highest BCUT2D eigenvalue weighted by atomic mass is 19.1. The molecule has 1 aliphatic heterocycles. The average Bonchev–Trinajstić information content (AvgIpc) is 3.09. The summed E-state index contributed by atoms with van der Waals surface area (Å²) in [4.78, 5) is 5.10. The highest BCUT2D eigenvalue weighted by molar-refractivity contribution is 5.38. The van der Waals surface area contributed by atoms with Gasteiger partial charge in [0.15, 0.2) is 0 Å². The lowest BCUT2D eigenvalue weighted by Gasteiger charge is -2.29. The van der Waals surface area contributed by atoms with Gasteiger partial charge in [-0.3, -0.25) is 4.90 Å². The van der Waals surface area contributed by atoms with E-state index in [4.69, 9.17) is 5.53 Å². The van der Waals surface area contributed by atoms with Crippen LogP contribution in [0.4, 0.5) is 4.39 Å². The van der Waals surface area contributed by atoms with Crippen molar-refractivity contribution < 1.29 is 4.39 Å². The van der Waals surface area contributed by atoms with Crippen LogP contribution in [-0.4, -0.2) is 24.0 Å². The standard InChI is InChI=1S/C20H19FN4/c21-18-9-4-8-17(14-18)20(12-11-16-6-2-1-3-7-16)25-13-5-10-19(25)15-23-24-22/h1-4,6-9,14,19-20H,5,10,13,15H2/t19-,20+/m0/s1. The highest BCUT2D eigenvalue weighted by Gasteiger charge is 2.30. The fraction of sp³-hybridized carbons (Fsp3) is 0.300. The van der Waals surface area contributed by atoms with E-state index in [9.17, 15) is 4.39 Å². The zero-order chi connectivity index (χ0) is 17.5. The third kappa shape index (κ3) is 4.39. The maximum absolute atomic E-state index is 13.7. The summed E-state index contributed by atoms with van der Waals surface area (Å²) in [6, 6.07) is 16.2. The molecule has 0 unspecified atom stereocenters. The molecule has 1 saturated heterocycles. The largest absolute Gasteiger partial charge is 0.283 e. The van der Waals surface area contributed by atoms with Crippen molar-refractivity contribution in [2.45, 2.75) is 24.9 Å². The second-order valence-electron chi connectivity index (χ2n) is 6.04. The molecule has 2 atom stereocenters. The van der Waals surface area contributed by atoms with E-state index in [2.05, 4.69) is 26.8 Å². The van der Waals surface area contributed by atoms with Gasteiger partial charge in [0.1, 0.15) is 5.82 Å². The minimum atomic E-state index is -0.269. The van der Waals surface area contributed by atoms with Crippen molar-refractivity contribution in [2.24, 2.45) is 5.11 Å². The van der Waals surface area contributed by atoms with Crippen LogP contribution in [0.3, 0.4) is 0 Å². The first-order valence-corrected chi connectivity index (χ1v) is 8.36. The number of azide groups is 1. The van der Waals surface area contributed by atoms with Crippen molar-refractivity contribution >= 4 is 0 Å². The molecule has 1 fully saturated rings. The number of hydrogen-bond donors (Lipinski definition) is 0. The number of rotatable bonds is 4. The van der Waals surface area contributed by atoms with Gasteiger partial charge in [-0.1, -0.05) is 47.3 Å². The van der Waals surface area contributed by atoms with Gasteiger partial charge < -0.3 is 0 Å². The van der Waals surface area contributed by atoms with Gasteiger partial charge >= 0.3 is 0 Å². The Morgan fingerprint density at radius 1 is 1.24 bits per heavy atom. The lowest BCUT2D eigenvalue weighted by molar-refractivity contribution is 0.222. The van der Waals surface area contributed by atoms with Gasteiger partial charge in [0.2, 0.25) is 0 Å². The van der Waals surface area contributed by atoms with Crippen LogP contribution in [0.5, 0.6) is 0 Å². The summed E-state index contributed by atoms with van der Waals surface area (Å²) in [5.41, 5.74) is 10.4. The second kappa shape index (κ2) is 8.34. The van der Waals surface area contributed by atoms with Crippen LogP contribution in [0.2, 0.25) is 0 Å². The van der Waals surface area contributed by atoms with Crippen LogP contribution in [0.15, 0.2) is 59.7 Å². The smallest absolute Gasteiger partial charge is 0.123 e. The Bertz CT molecular complexity index is 818. The SMILES string of the molecule is [N-]=[N+]=NC[C@@H]1CCCN1[C@H](C#Cc1ccccc1)c1cccc(F)c1. The third-order valence-electron chi connectivity index (χ3n) is 4.40. The van der Waals surface area contributed by atoms with E-state index in [1.54, 1.807) is 6.07 Å². The van der Waals surface area contributed by atoms with E-state index < -0.39 is 0 Å². The van der Waals surface area contributed by atoms with Crippen molar-refractivity contribution in [1.82, 2.24) is 4.90 Å². The lowest BCUT2D eigenvalue weighted by atomic mass is 10.0. The molecule has 0 radical (unpaired) electrons. The van der Waals surface area contributed by atoms with Crippen molar-refractivity contribution in [3.05, 3.63) is 82.0 Å². The summed E-state index contributed by atoms with van der Waals surface area (Å²) in [6.45, 7) is 1.27. The molecule has 0 N–H and O–H groups in total. The van der Waals surface area contributed by atoms with Gasteiger partial charge in [0.25, 0.3) is 0 Å². The Hall–Kier alpha value is -2.80. The molecule has 1 heterocycles. The maximum atomic E-state index is 13.7. The third-order valence-corrected chi connectivity index (χ3v) is 4.40. The molecule has 0 spiro atoms. The molecule has 2 aromatic carbocycles. The van der Waals surface area contributed by atoms with Gasteiger partial charge in [-0.2, -0.15) is 0 Å². The molecule has 0 aromatic heterocycles. The van der Waals surface area contributed by atoms with Gasteiger partial charge in [-0.25, -0.2) is 4.39 Å². The summed E-state index contributed by atoms with van der Waals surface area (Å²) in [5, 5.41) is 3.73. The zero-order valence-corrected chi connectivity index (χ0v) is 13.8. The first-order chi connectivity index (χ1) is 12.3. The Labute approximate surface area is 146 Å². The minimum absolute atomic E-state index is 0.134. The van der Waals surface area contributed by atoms with Crippen molar-refractivity contribution in [3.63, 3.8) is 0 Å². The molecule has 2 aromatic rings. The number of hydrogen-bond acceptors (Lipinski definition) is 2. The van der Waals surface area contributed by atoms with Crippen LogP contribution in [0, 0.1) is 17.7 Å². The van der Waals surface area contributed by atoms with E-state index >= 15 is 0 Å². The van der Waals surface area contributed by atoms with Gasteiger partial charge in [0, 0.05) is 23.1 Å². The summed E-state index contributed by atoms with van der Waals surface area (Å²) in [7, 11) is 0. The van der Waals surface area contributed by atoms with E-state index in [1.807, 2.05) is 36.4 Å². The predicted molar refractivity (Wildman–Crippen MR) is 96.2 cm³/mol. The summed E-state index contributed by atoms with van der Waals surface area (Å²) in [5.74, 6) is 6.23. The van der Waals surface area contributed by atoms with Crippen molar-refractivity contribution in [3.8, 4) is 11.8 Å². The lowest BCUT2D eigenvalue weighted by Crippen LogP contribution is -2.34. The van der Waals surface area contributed by atoms with Crippen molar-refractivity contribution in [1.29, 1.82) is 0 Å². The first-order valence-electron chi connectivity index (χ1n) is 8.36. The molecule has 126 valence electrons. The molecule has 0 saturated carbocycles. The fourth-order valence-corrected chi connectivity index (χ4v) is 3.23. The van der Waals surface area contributed by atoms with Crippen LogP contribution < -0.4 is 0 Å². The Morgan fingerprint density at radius 2 is 2.08 bits per heavy atom. The Morgan fingerprint density at radius 3 is 2.84 bits per heavy atom. The number of halogens is 1. The van der Waals surface area contributed by atoms with Crippen LogP contribution >= 0.6 is 0 Å². The van der Waals surface area contributed by atoms with Gasteiger partial charge in [-0.15, -0.1) is 0 Å². The average molecular weight is 334 g/mol. The summed E-state index contributed by atoms with van der Waals surface area (Å²) >= 11 is 0. The topological polar surface area (TPSA) is 52.0 Å². The van der Waals surface area contributed by atoms with Crippen LogP contribution in [0.25, 0.3) is 10.4 Å². The predicted octanol–water partition coefficient (Wildman–Crippen LogP) is 4.69. The summed E-state index contributed by atoms with van der Waals surface area (Å²) < 4.78 is 13.7. The number of nitrogens with zero attached hydrogens (tertiary/aromatic N) is 4. The zero-order valence-electron chi connectivity index (χ0n) is 13.8. The monoisotopic (exact) mass is 334 g/mol. The summed E-state index contributed by atoms with van der Waals surface area (Å²) in [6.07, 6.45) is 1.97. The minimum Gasteiger partial charge on any atom is -0.283 e. The highest BCUT2D eigenvalue weighted by Crippen LogP contribution is 2.30. The molecule has 5 heteroatoms. The molecule has 4 nitrogen and oxygen atoms in total. The van der Waals surface area contributed by atoms with Crippen molar-refractivity contribution in [2.75, 3.05) is 13.1 Å². The second-order valence-corrected chi connectivity index (χ2v) is 6.04. The van der Waals surface area contributed by atoms with E-state index in [0.717, 1.165) is 30.5 Å². The van der Waals surface area contributed by atoms with E-state index in [-0.39, 0.29) is 17.9 Å². The van der Waals surface area contributed by atoms with Gasteiger partial charge in [0.05, 0.1) is 6.04 Å². The molecule has 0 aliphatic carbocycles. The van der Waals surface area contributed by atoms with Gasteiger partial charge in [-0.05, 0) is 54.7 Å².